The van der Waals surface area contributed by atoms with E-state index in [0.29, 0.717) is 6.42 Å². The van der Waals surface area contributed by atoms with E-state index in [9.17, 15) is 12.8 Å². The third kappa shape index (κ3) is 3.91. The quantitative estimate of drug-likeness (QED) is 0.811. The van der Waals surface area contributed by atoms with Crippen molar-refractivity contribution in [3.8, 4) is 0 Å². The Morgan fingerprint density at radius 1 is 1.48 bits per heavy atom. The van der Waals surface area contributed by atoms with Gasteiger partial charge in [0.05, 0.1) is 10.7 Å². The van der Waals surface area contributed by atoms with Gasteiger partial charge in [0, 0.05) is 29.1 Å². The molecule has 5 nitrogen and oxygen atoms in total. The van der Waals surface area contributed by atoms with Crippen LogP contribution >= 0.6 is 22.9 Å². The van der Waals surface area contributed by atoms with Crippen molar-refractivity contribution in [3.63, 3.8) is 0 Å². The van der Waals surface area contributed by atoms with Crippen LogP contribution in [0.1, 0.15) is 10.7 Å². The fourth-order valence-electron chi connectivity index (χ4n) is 1.67. The van der Waals surface area contributed by atoms with E-state index in [4.69, 9.17) is 17.3 Å². The molecule has 0 amide bonds. The Kier molecular flexibility index (Phi) is 4.82. The predicted octanol–water partition coefficient (Wildman–Crippen LogP) is 2.35. The van der Waals surface area contributed by atoms with Crippen molar-refractivity contribution in [3.05, 3.63) is 39.1 Å². The zero-order chi connectivity index (χ0) is 15.6. The Morgan fingerprint density at radius 2 is 2.19 bits per heavy atom. The lowest BCUT2D eigenvalue weighted by Gasteiger charge is -2.09. The van der Waals surface area contributed by atoms with Gasteiger partial charge in [0.15, 0.2) is 5.82 Å². The van der Waals surface area contributed by atoms with Gasteiger partial charge in [-0.05, 0) is 19.1 Å². The normalized spacial score (nSPS) is 11.8. The average Bonchev–Trinajstić information content (AvgIpc) is 2.79. The fraction of sp³-hybridized carbons (Fsp3) is 0.250. The van der Waals surface area contributed by atoms with Gasteiger partial charge < -0.3 is 5.73 Å². The molecule has 0 radical (unpaired) electrons. The van der Waals surface area contributed by atoms with Crippen LogP contribution in [0.5, 0.6) is 0 Å². The Hall–Kier alpha value is -1.22. The molecule has 21 heavy (non-hydrogen) atoms. The van der Waals surface area contributed by atoms with Gasteiger partial charge in [-0.15, -0.1) is 11.3 Å². The molecule has 9 heteroatoms. The van der Waals surface area contributed by atoms with E-state index in [0.717, 1.165) is 22.8 Å². The minimum atomic E-state index is -4.01. The van der Waals surface area contributed by atoms with Gasteiger partial charge in [0.2, 0.25) is 10.0 Å². The molecule has 0 bridgehead atoms. The summed E-state index contributed by atoms with van der Waals surface area (Å²) in [5, 5.41) is 2.74. The van der Waals surface area contributed by atoms with Crippen LogP contribution in [-0.2, 0) is 16.4 Å². The summed E-state index contributed by atoms with van der Waals surface area (Å²) in [6.45, 7) is 1.97. The molecule has 2 rings (SSSR count). The summed E-state index contributed by atoms with van der Waals surface area (Å²) in [5.41, 5.74) is 5.95. The Balaban J connectivity index is 2.12. The number of hydrogen-bond donors (Lipinski definition) is 2. The number of nitrogens with two attached hydrogens (primary N) is 1. The van der Waals surface area contributed by atoms with Crippen LogP contribution in [0, 0.1) is 12.7 Å². The SMILES string of the molecule is Cc1csc(CCNS(=O)(=O)c2cc(Cl)cc(N)c2F)n1. The highest BCUT2D eigenvalue weighted by Crippen LogP contribution is 2.25. The molecule has 2 aromatic rings. The molecule has 0 fully saturated rings. The first-order valence-corrected chi connectivity index (χ1v) is 8.69. The van der Waals surface area contributed by atoms with E-state index in [1.165, 1.54) is 11.3 Å². The van der Waals surface area contributed by atoms with Crippen LogP contribution in [0.2, 0.25) is 5.02 Å². The standard InChI is InChI=1S/C12H13ClFN3O2S2/c1-7-6-20-11(17-7)2-3-16-21(18,19)10-5-8(13)4-9(15)12(10)14/h4-6,16H,2-3,15H2,1H3. The number of anilines is 1. The van der Waals surface area contributed by atoms with Gasteiger partial charge in [-0.2, -0.15) is 0 Å². The Labute approximate surface area is 131 Å². The highest BCUT2D eigenvalue weighted by atomic mass is 35.5. The number of aromatic nitrogens is 1. The molecular weight excluding hydrogens is 337 g/mol. The van der Waals surface area contributed by atoms with Crippen LogP contribution in [0.3, 0.4) is 0 Å². The summed E-state index contributed by atoms with van der Waals surface area (Å²) in [6.07, 6.45) is 0.426. The molecule has 0 aliphatic carbocycles. The molecule has 0 unspecified atom stereocenters. The smallest absolute Gasteiger partial charge is 0.243 e. The van der Waals surface area contributed by atoms with E-state index in [2.05, 4.69) is 9.71 Å². The molecule has 1 heterocycles. The summed E-state index contributed by atoms with van der Waals surface area (Å²) in [7, 11) is -4.01. The molecule has 1 aromatic carbocycles. The maximum Gasteiger partial charge on any atom is 0.243 e. The first-order valence-electron chi connectivity index (χ1n) is 5.95. The zero-order valence-corrected chi connectivity index (χ0v) is 13.4. The summed E-state index contributed by atoms with van der Waals surface area (Å²) in [4.78, 5) is 3.66. The maximum atomic E-state index is 13.8. The van der Waals surface area contributed by atoms with Crippen molar-refractivity contribution in [2.75, 3.05) is 12.3 Å². The molecule has 3 N–H and O–H groups in total. The lowest BCUT2D eigenvalue weighted by atomic mass is 10.3. The lowest BCUT2D eigenvalue weighted by molar-refractivity contribution is 0.559. The average molecular weight is 350 g/mol. The highest BCUT2D eigenvalue weighted by Gasteiger charge is 2.21. The second-order valence-electron chi connectivity index (χ2n) is 4.34. The summed E-state index contributed by atoms with van der Waals surface area (Å²) in [5.74, 6) is -1.00. The number of rotatable bonds is 5. The Morgan fingerprint density at radius 3 is 2.81 bits per heavy atom. The number of benzene rings is 1. The van der Waals surface area contributed by atoms with Crippen LogP contribution in [0.25, 0.3) is 0 Å². The van der Waals surface area contributed by atoms with Crippen LogP contribution in [0.15, 0.2) is 22.4 Å². The second-order valence-corrected chi connectivity index (χ2v) is 7.45. The minimum Gasteiger partial charge on any atom is -0.396 e. The maximum absolute atomic E-state index is 13.8. The minimum absolute atomic E-state index is 0.0600. The molecule has 0 atom stereocenters. The molecule has 0 aliphatic rings. The van der Waals surface area contributed by atoms with Crippen LogP contribution in [0.4, 0.5) is 10.1 Å². The summed E-state index contributed by atoms with van der Waals surface area (Å²) >= 11 is 7.16. The van der Waals surface area contributed by atoms with E-state index >= 15 is 0 Å². The van der Waals surface area contributed by atoms with Crippen molar-refractivity contribution < 1.29 is 12.8 Å². The number of nitrogens with one attached hydrogen (secondary N) is 1. The van der Waals surface area contributed by atoms with E-state index in [1.54, 1.807) is 0 Å². The van der Waals surface area contributed by atoms with Gasteiger partial charge in [-0.1, -0.05) is 11.6 Å². The van der Waals surface area contributed by atoms with Gasteiger partial charge in [0.1, 0.15) is 4.90 Å². The first kappa shape index (κ1) is 16.2. The monoisotopic (exact) mass is 349 g/mol. The van der Waals surface area contributed by atoms with Crippen molar-refractivity contribution in [1.29, 1.82) is 0 Å². The number of nitrogen functional groups attached to an aromatic ring is 1. The molecule has 0 spiro atoms. The summed E-state index contributed by atoms with van der Waals surface area (Å²) in [6, 6.07) is 2.19. The number of hydrogen-bond acceptors (Lipinski definition) is 5. The van der Waals surface area contributed by atoms with E-state index < -0.39 is 20.7 Å². The number of sulfonamides is 1. The van der Waals surface area contributed by atoms with Crippen molar-refractivity contribution >= 4 is 38.6 Å². The first-order chi connectivity index (χ1) is 9.79. The highest BCUT2D eigenvalue weighted by molar-refractivity contribution is 7.89. The molecule has 1 aromatic heterocycles. The number of nitrogens with zero attached hydrogens (tertiary/aromatic N) is 1. The van der Waals surface area contributed by atoms with Gasteiger partial charge in [-0.3, -0.25) is 0 Å². The molecule has 0 saturated heterocycles. The number of halogens is 2. The van der Waals surface area contributed by atoms with Crippen LogP contribution in [-0.4, -0.2) is 19.9 Å². The lowest BCUT2D eigenvalue weighted by Crippen LogP contribution is -2.27. The van der Waals surface area contributed by atoms with Crippen molar-refractivity contribution in [2.24, 2.45) is 0 Å². The third-order valence-electron chi connectivity index (χ3n) is 2.62. The van der Waals surface area contributed by atoms with Crippen molar-refractivity contribution in [2.45, 2.75) is 18.2 Å². The van der Waals surface area contributed by atoms with E-state index in [1.807, 2.05) is 12.3 Å². The van der Waals surface area contributed by atoms with Gasteiger partial charge in [0.25, 0.3) is 0 Å². The van der Waals surface area contributed by atoms with Gasteiger partial charge >= 0.3 is 0 Å². The largest absolute Gasteiger partial charge is 0.396 e. The predicted molar refractivity (Wildman–Crippen MR) is 81.6 cm³/mol. The topological polar surface area (TPSA) is 85.1 Å². The fourth-order valence-corrected chi connectivity index (χ4v) is 3.90. The second kappa shape index (κ2) is 6.27. The number of thiazole rings is 1. The number of aryl methyl sites for hydroxylation is 1. The van der Waals surface area contributed by atoms with Gasteiger partial charge in [-0.25, -0.2) is 22.5 Å². The van der Waals surface area contributed by atoms with Crippen molar-refractivity contribution in [1.82, 2.24) is 9.71 Å². The zero-order valence-electron chi connectivity index (χ0n) is 11.1. The third-order valence-corrected chi connectivity index (χ3v) is 5.32. The molecule has 0 saturated carbocycles. The van der Waals surface area contributed by atoms with E-state index in [-0.39, 0.29) is 17.3 Å². The molecule has 0 aliphatic heterocycles. The molecular formula is C12H13ClFN3O2S2. The van der Waals surface area contributed by atoms with Crippen LogP contribution < -0.4 is 10.5 Å². The summed E-state index contributed by atoms with van der Waals surface area (Å²) < 4.78 is 40.3. The molecule has 114 valence electrons. The Bertz CT molecular complexity index is 762.